The number of ether oxygens (including phenoxy) is 3. The molecule has 0 unspecified atom stereocenters. The standard InChI is InChI=1S/C18H21N3O5S/c1-11-5-6-27-15(11)9-20-21-16(22)10-19-18(23)12-7-13(24-2)17(26-4)14(8-12)25-3/h5-9H,10H2,1-4H3,(H,19,23)(H,21,22)/b20-9+. The van der Waals surface area contributed by atoms with Gasteiger partial charge in [-0.3, -0.25) is 9.59 Å². The molecule has 2 aromatic rings. The third-order valence-electron chi connectivity index (χ3n) is 3.61. The first-order chi connectivity index (χ1) is 13.0. The first-order valence-corrected chi connectivity index (χ1v) is 8.82. The van der Waals surface area contributed by atoms with Crippen LogP contribution in [0.2, 0.25) is 0 Å². The van der Waals surface area contributed by atoms with E-state index in [1.807, 2.05) is 18.4 Å². The van der Waals surface area contributed by atoms with Crippen LogP contribution in [0.15, 0.2) is 28.7 Å². The van der Waals surface area contributed by atoms with Gasteiger partial charge < -0.3 is 19.5 Å². The topological polar surface area (TPSA) is 98.2 Å². The molecule has 9 heteroatoms. The SMILES string of the molecule is COc1cc(C(=O)NCC(=O)N/N=C/c2sccc2C)cc(OC)c1OC. The fourth-order valence-corrected chi connectivity index (χ4v) is 2.98. The van der Waals surface area contributed by atoms with E-state index in [0.717, 1.165) is 10.4 Å². The summed E-state index contributed by atoms with van der Waals surface area (Å²) in [6.45, 7) is 1.73. The second kappa shape index (κ2) is 9.58. The molecule has 144 valence electrons. The molecule has 0 aliphatic heterocycles. The minimum absolute atomic E-state index is 0.226. The van der Waals surface area contributed by atoms with E-state index >= 15 is 0 Å². The van der Waals surface area contributed by atoms with Gasteiger partial charge in [-0.05, 0) is 36.1 Å². The maximum absolute atomic E-state index is 12.3. The number of methoxy groups -OCH3 is 3. The number of carbonyl (C=O) groups is 2. The van der Waals surface area contributed by atoms with E-state index in [0.29, 0.717) is 17.2 Å². The minimum Gasteiger partial charge on any atom is -0.493 e. The minimum atomic E-state index is -0.456. The fourth-order valence-electron chi connectivity index (χ4n) is 2.19. The maximum Gasteiger partial charge on any atom is 0.259 e. The molecule has 0 saturated heterocycles. The zero-order valence-corrected chi connectivity index (χ0v) is 16.3. The summed E-state index contributed by atoms with van der Waals surface area (Å²) in [5, 5.41) is 8.34. The van der Waals surface area contributed by atoms with Crippen molar-refractivity contribution in [2.24, 2.45) is 5.10 Å². The molecule has 0 atom stereocenters. The first-order valence-electron chi connectivity index (χ1n) is 7.94. The lowest BCUT2D eigenvalue weighted by Gasteiger charge is -2.14. The Balaban J connectivity index is 1.96. The Morgan fingerprint density at radius 3 is 2.33 bits per heavy atom. The number of amides is 2. The highest BCUT2D eigenvalue weighted by molar-refractivity contribution is 7.11. The maximum atomic E-state index is 12.3. The van der Waals surface area contributed by atoms with Gasteiger partial charge in [0.05, 0.1) is 34.1 Å². The van der Waals surface area contributed by atoms with Crippen LogP contribution in [0.1, 0.15) is 20.8 Å². The van der Waals surface area contributed by atoms with E-state index in [-0.39, 0.29) is 12.1 Å². The van der Waals surface area contributed by atoms with E-state index in [1.165, 1.54) is 44.8 Å². The quantitative estimate of drug-likeness (QED) is 0.530. The number of nitrogens with zero attached hydrogens (tertiary/aromatic N) is 1. The van der Waals surface area contributed by atoms with Gasteiger partial charge in [0.2, 0.25) is 5.75 Å². The van der Waals surface area contributed by atoms with Crippen molar-refractivity contribution < 1.29 is 23.8 Å². The van der Waals surface area contributed by atoms with Crippen LogP contribution in [0.5, 0.6) is 17.2 Å². The van der Waals surface area contributed by atoms with Gasteiger partial charge in [-0.1, -0.05) is 0 Å². The van der Waals surface area contributed by atoms with Crippen molar-refractivity contribution in [3.05, 3.63) is 39.6 Å². The Labute approximate surface area is 161 Å². The van der Waals surface area contributed by atoms with Gasteiger partial charge in [0.25, 0.3) is 11.8 Å². The molecule has 0 bridgehead atoms. The lowest BCUT2D eigenvalue weighted by atomic mass is 10.1. The highest BCUT2D eigenvalue weighted by Crippen LogP contribution is 2.38. The van der Waals surface area contributed by atoms with Crippen LogP contribution < -0.4 is 25.0 Å². The van der Waals surface area contributed by atoms with Gasteiger partial charge in [0.15, 0.2) is 11.5 Å². The molecule has 0 spiro atoms. The van der Waals surface area contributed by atoms with Crippen LogP contribution in [0, 0.1) is 6.92 Å². The van der Waals surface area contributed by atoms with Gasteiger partial charge in [-0.15, -0.1) is 11.3 Å². The van der Waals surface area contributed by atoms with E-state index in [4.69, 9.17) is 14.2 Å². The predicted molar refractivity (Wildman–Crippen MR) is 103 cm³/mol. The normalized spacial score (nSPS) is 10.5. The molecule has 0 aliphatic rings. The van der Waals surface area contributed by atoms with E-state index in [2.05, 4.69) is 15.8 Å². The van der Waals surface area contributed by atoms with Crippen LogP contribution in [0.25, 0.3) is 0 Å². The predicted octanol–water partition coefficient (Wildman–Crippen LogP) is 1.96. The van der Waals surface area contributed by atoms with Crippen LogP contribution in [0.4, 0.5) is 0 Å². The largest absolute Gasteiger partial charge is 0.493 e. The summed E-state index contributed by atoms with van der Waals surface area (Å²) in [6, 6.07) is 4.98. The lowest BCUT2D eigenvalue weighted by molar-refractivity contribution is -0.120. The molecule has 8 nitrogen and oxygen atoms in total. The molecular formula is C18H21N3O5S. The molecule has 0 saturated carbocycles. The van der Waals surface area contributed by atoms with Crippen molar-refractivity contribution >= 4 is 29.4 Å². The van der Waals surface area contributed by atoms with Gasteiger partial charge >= 0.3 is 0 Å². The smallest absolute Gasteiger partial charge is 0.259 e. The van der Waals surface area contributed by atoms with Gasteiger partial charge in [-0.2, -0.15) is 5.10 Å². The Morgan fingerprint density at radius 2 is 1.81 bits per heavy atom. The van der Waals surface area contributed by atoms with Crippen molar-refractivity contribution in [3.8, 4) is 17.2 Å². The highest BCUT2D eigenvalue weighted by atomic mass is 32.1. The Bertz CT molecular complexity index is 822. The van der Waals surface area contributed by atoms with E-state index in [9.17, 15) is 9.59 Å². The number of rotatable bonds is 8. The molecule has 2 rings (SSSR count). The zero-order valence-electron chi connectivity index (χ0n) is 15.5. The molecular weight excluding hydrogens is 370 g/mol. The Hall–Kier alpha value is -3.07. The summed E-state index contributed by atoms with van der Waals surface area (Å²) >= 11 is 1.52. The number of hydrogen-bond acceptors (Lipinski definition) is 7. The van der Waals surface area contributed by atoms with Crippen molar-refractivity contribution in [1.82, 2.24) is 10.7 Å². The van der Waals surface area contributed by atoms with Crippen LogP contribution in [-0.4, -0.2) is 45.9 Å². The van der Waals surface area contributed by atoms with Crippen LogP contribution in [-0.2, 0) is 4.79 Å². The summed E-state index contributed by atoms with van der Waals surface area (Å²) in [4.78, 5) is 25.1. The summed E-state index contributed by atoms with van der Waals surface area (Å²) in [6.07, 6.45) is 1.57. The second-order valence-electron chi connectivity index (χ2n) is 5.36. The van der Waals surface area contributed by atoms with Gasteiger partial charge in [0.1, 0.15) is 0 Å². The van der Waals surface area contributed by atoms with Gasteiger partial charge in [0, 0.05) is 10.4 Å². The summed E-state index contributed by atoms with van der Waals surface area (Å²) in [5.41, 5.74) is 3.72. The third-order valence-corrected chi connectivity index (χ3v) is 4.56. The number of benzene rings is 1. The summed E-state index contributed by atoms with van der Waals surface area (Å²) < 4.78 is 15.6. The number of hydrogen-bond donors (Lipinski definition) is 2. The van der Waals surface area contributed by atoms with Crippen LogP contribution >= 0.6 is 11.3 Å². The molecule has 0 aliphatic carbocycles. The Morgan fingerprint density at radius 1 is 1.15 bits per heavy atom. The van der Waals surface area contributed by atoms with Crippen LogP contribution in [0.3, 0.4) is 0 Å². The molecule has 27 heavy (non-hydrogen) atoms. The third kappa shape index (κ3) is 5.20. The molecule has 2 amide bonds. The van der Waals surface area contributed by atoms with E-state index in [1.54, 1.807) is 6.21 Å². The average Bonchev–Trinajstić information content (AvgIpc) is 3.09. The second-order valence-corrected chi connectivity index (χ2v) is 6.31. The molecule has 2 N–H and O–H groups in total. The average molecular weight is 391 g/mol. The zero-order chi connectivity index (χ0) is 19.8. The molecule has 1 heterocycles. The molecule has 0 fully saturated rings. The number of carbonyl (C=O) groups excluding carboxylic acids is 2. The van der Waals surface area contributed by atoms with Crippen molar-refractivity contribution in [3.63, 3.8) is 0 Å². The molecule has 1 aromatic carbocycles. The fraction of sp³-hybridized carbons (Fsp3) is 0.278. The highest BCUT2D eigenvalue weighted by Gasteiger charge is 2.17. The summed E-state index contributed by atoms with van der Waals surface area (Å²) in [7, 11) is 4.39. The number of aryl methyl sites for hydroxylation is 1. The molecule has 0 radical (unpaired) electrons. The summed E-state index contributed by atoms with van der Waals surface area (Å²) in [5.74, 6) is 0.181. The Kier molecular flexibility index (Phi) is 7.18. The number of hydrazone groups is 1. The first kappa shape index (κ1) is 20.2. The number of thiophene rings is 1. The van der Waals surface area contributed by atoms with Crippen molar-refractivity contribution in [2.45, 2.75) is 6.92 Å². The number of nitrogens with one attached hydrogen (secondary N) is 2. The van der Waals surface area contributed by atoms with Crippen molar-refractivity contribution in [2.75, 3.05) is 27.9 Å². The van der Waals surface area contributed by atoms with Gasteiger partial charge in [-0.25, -0.2) is 5.43 Å². The molecule has 1 aromatic heterocycles. The monoisotopic (exact) mass is 391 g/mol. The van der Waals surface area contributed by atoms with Crippen molar-refractivity contribution in [1.29, 1.82) is 0 Å². The van der Waals surface area contributed by atoms with E-state index < -0.39 is 11.8 Å². The lowest BCUT2D eigenvalue weighted by Crippen LogP contribution is -2.34.